The number of benzene rings is 4. The Bertz CT molecular complexity index is 3980. The van der Waals surface area contributed by atoms with Gasteiger partial charge in [-0.2, -0.15) is 0 Å². The molecule has 15 atom stereocenters. The molecule has 3 aromatic heterocycles. The molecule has 0 radical (unpaired) electrons. The number of nitrogens with zero attached hydrogens (tertiary/aromatic N) is 1. The van der Waals surface area contributed by atoms with Crippen molar-refractivity contribution < 1.29 is 69.4 Å². The largest absolute Gasteiger partial charge is 0.508 e. The Morgan fingerprint density at radius 3 is 2.51 bits per heavy atom. The fourth-order valence-corrected chi connectivity index (χ4v) is 18.3. The third-order valence-electron chi connectivity index (χ3n) is 21.8. The van der Waals surface area contributed by atoms with E-state index >= 15 is 9.59 Å². The number of H-pyrrole nitrogens is 2. The molecule has 13 rings (SSSR count). The van der Waals surface area contributed by atoms with E-state index in [1.165, 1.54) is 19.2 Å². The maximum absolute atomic E-state index is 15.7. The van der Waals surface area contributed by atoms with Crippen LogP contribution in [0.25, 0.3) is 38.8 Å². The fourth-order valence-electron chi connectivity index (χ4n) is 18.3. The van der Waals surface area contributed by atoms with Gasteiger partial charge in [0.25, 0.3) is 0 Å². The summed E-state index contributed by atoms with van der Waals surface area (Å²) in [5.41, 5.74) is 6.84. The van der Waals surface area contributed by atoms with Crippen molar-refractivity contribution in [3.8, 4) is 51.8 Å². The summed E-state index contributed by atoms with van der Waals surface area (Å²) in [6, 6.07) is 26.7. The van der Waals surface area contributed by atoms with Gasteiger partial charge in [0, 0.05) is 78.0 Å². The second kappa shape index (κ2) is 25.3. The number of phenols is 3. The Labute approximate surface area is 528 Å². The van der Waals surface area contributed by atoms with Gasteiger partial charge in [-0.1, -0.05) is 54.3 Å². The molecule has 0 amide bonds. The number of para-hydroxylation sites is 1. The first kappa shape index (κ1) is 61.9. The molecule has 15 unspecified atom stereocenters. The summed E-state index contributed by atoms with van der Waals surface area (Å²) < 4.78 is 20.0. The highest BCUT2D eigenvalue weighted by molar-refractivity contribution is 5.95. The average Bonchev–Trinajstić information content (AvgIpc) is 1.54. The van der Waals surface area contributed by atoms with Crippen molar-refractivity contribution in [2.45, 2.75) is 145 Å². The number of piperidine rings is 1. The molecule has 5 heterocycles. The molecule has 4 aliphatic carbocycles. The van der Waals surface area contributed by atoms with Gasteiger partial charge in [-0.25, -0.2) is 0 Å². The number of hydrogen-bond acceptors (Lipinski definition) is 15. The first-order chi connectivity index (χ1) is 44.1. The number of aromatic nitrogens is 3. The molecule has 18 heteroatoms. The normalized spacial score (nSPS) is 29.7. The maximum atomic E-state index is 15.7. The highest BCUT2D eigenvalue weighted by atomic mass is 16.6. The van der Waals surface area contributed by atoms with Crippen molar-refractivity contribution in [3.63, 3.8) is 0 Å². The zero-order valence-electron chi connectivity index (χ0n) is 51.4. The first-order valence-corrected chi connectivity index (χ1v) is 32.4. The number of aliphatic hydroxyl groups is 5. The number of ether oxygens (including phenoxy) is 3. The number of allylic oxidation sites excluding steroid dienone is 1. The van der Waals surface area contributed by atoms with E-state index in [2.05, 4.69) is 49.9 Å². The van der Waals surface area contributed by atoms with E-state index in [1.54, 1.807) is 31.2 Å². The Morgan fingerprint density at radius 2 is 1.71 bits per heavy atom. The highest BCUT2D eigenvalue weighted by Gasteiger charge is 2.70. The molecule has 2 aliphatic heterocycles. The van der Waals surface area contributed by atoms with E-state index in [-0.39, 0.29) is 116 Å². The van der Waals surface area contributed by atoms with Crippen molar-refractivity contribution in [2.75, 3.05) is 26.9 Å². The first-order valence-electron chi connectivity index (χ1n) is 32.4. The number of fused-ring (bicyclic) bond motifs is 10. The average molecular weight is 1240 g/mol. The molecule has 11 N–H and O–H groups in total. The Hall–Kier alpha value is -7.89. The monoisotopic (exact) mass is 1240 g/mol. The van der Waals surface area contributed by atoms with Gasteiger partial charge in [-0.15, -0.1) is 0 Å². The number of aliphatic hydroxyl groups excluding tert-OH is 5. The van der Waals surface area contributed by atoms with Crippen LogP contribution in [-0.2, 0) is 32.0 Å². The smallest absolute Gasteiger partial charge is 0.318 e. The van der Waals surface area contributed by atoms with Crippen LogP contribution in [0.3, 0.4) is 0 Å². The van der Waals surface area contributed by atoms with Crippen molar-refractivity contribution in [2.24, 2.45) is 40.9 Å². The van der Waals surface area contributed by atoms with E-state index in [1.807, 2.05) is 48.7 Å². The molecule has 91 heavy (non-hydrogen) atoms. The van der Waals surface area contributed by atoms with Gasteiger partial charge in [0.15, 0.2) is 23.0 Å². The maximum Gasteiger partial charge on any atom is 0.318 e. The van der Waals surface area contributed by atoms with Crippen molar-refractivity contribution in [1.29, 1.82) is 0 Å². The molecule has 6 aliphatic rings. The summed E-state index contributed by atoms with van der Waals surface area (Å²) in [6.07, 6.45) is 4.75. The third-order valence-corrected chi connectivity index (χ3v) is 21.8. The van der Waals surface area contributed by atoms with Gasteiger partial charge in [0.1, 0.15) is 37.0 Å². The van der Waals surface area contributed by atoms with Gasteiger partial charge in [-0.3, -0.25) is 9.59 Å². The van der Waals surface area contributed by atoms with Crippen LogP contribution in [-0.4, -0.2) is 136 Å². The minimum absolute atomic E-state index is 0.0853. The molecular weight excluding hydrogens is 1160 g/mol. The van der Waals surface area contributed by atoms with Crippen molar-refractivity contribution in [1.82, 2.24) is 19.9 Å². The molecule has 478 valence electrons. The van der Waals surface area contributed by atoms with Crippen molar-refractivity contribution >= 4 is 45.5 Å². The number of carbonyl (C=O) groups excluding carboxylic acids is 3. The molecule has 2 bridgehead atoms. The second-order valence-electron chi connectivity index (χ2n) is 26.7. The number of ketones is 1. The number of phenolic OH excluding ortho intramolecular Hbond substituents is 3. The van der Waals surface area contributed by atoms with Crippen molar-refractivity contribution in [3.05, 3.63) is 131 Å². The summed E-state index contributed by atoms with van der Waals surface area (Å²) in [5.74, 6) is 2.44. The highest BCUT2D eigenvalue weighted by Crippen LogP contribution is 2.72. The van der Waals surface area contributed by atoms with E-state index in [4.69, 9.17) is 14.2 Å². The van der Waals surface area contributed by atoms with E-state index < -0.39 is 65.0 Å². The number of methoxy groups -OCH3 is 1. The molecule has 4 aromatic carbocycles. The SMILES string of the molecule is COc1cc2c(cc1O)C1=CC3CC4(CC5(NC(C(C)O)CCC5n5c(-c6cccc(O)c6)cc6[nH]ccc65)C(CCCO)C4C=O)C4CC(O)CCC4C3C2CC(=O)CC(C(O)Cc2ccc(O)c(OCCO)c2)OC(=O)CC#CCc2c1[nH]c1ccccc21. The van der Waals surface area contributed by atoms with Crippen LogP contribution in [0, 0.1) is 52.8 Å². The second-order valence-corrected chi connectivity index (χ2v) is 26.7. The standard InChI is InChI=1S/C73H82N4O14/c1-40(81)57-19-21-68(77-60-22-23-74-59(60)36-61(77)42-9-7-10-44(82)29-42)73(76-57)39-72(56(38-80)54(73)13-8-24-78)37-43-30-53-50-34-64(87)65(89-2)35-51(50)52(70(43)49-18-17-45(83)32-55(49)72)31-46(84)33-67(63(86)27-41-16-20-62(85)66(28-41)90-26-25-79)91-69(88)15-6-4-12-48-47-11-3-5-14-58(47)75-71(48)53/h3,5,7,9-11,14,16,20,22-23,28-30,34-36,38,40,43,45,49,52,54-57,63,67-68,70,74-76,78-79,81-83,85-87H,8,12-13,15,17-19,21,24-27,31-33,37,39H2,1-2H3. The lowest BCUT2D eigenvalue weighted by molar-refractivity contribution is -0.155. The van der Waals surface area contributed by atoms with Gasteiger partial charge in [-0.05, 0) is 182 Å². The van der Waals surface area contributed by atoms with E-state index in [0.29, 0.717) is 68.9 Å². The number of Topliss-reactive ketones (excluding diaryl/α,β-unsaturated/α-hetero) is 1. The predicted molar refractivity (Wildman–Crippen MR) is 341 cm³/mol. The van der Waals surface area contributed by atoms with E-state index in [9.17, 15) is 45.6 Å². The minimum Gasteiger partial charge on any atom is -0.508 e. The molecule has 4 fully saturated rings. The zero-order chi connectivity index (χ0) is 63.5. The fraction of sp³-hybridized carbons (Fsp3) is 0.466. The lowest BCUT2D eigenvalue weighted by atomic mass is 9.45. The predicted octanol–water partition coefficient (Wildman–Crippen LogP) is 9.08. The summed E-state index contributed by atoms with van der Waals surface area (Å²) >= 11 is 0. The molecule has 7 aromatic rings. The molecule has 3 saturated carbocycles. The molecule has 2 spiro atoms. The number of carbonyl (C=O) groups is 3. The topological polar surface area (TPSA) is 289 Å². The van der Waals surface area contributed by atoms with Crippen LogP contribution < -0.4 is 14.8 Å². The minimum atomic E-state index is -1.42. The van der Waals surface area contributed by atoms with Crippen LogP contribution >= 0.6 is 0 Å². The lowest BCUT2D eigenvalue weighted by Gasteiger charge is -2.59. The van der Waals surface area contributed by atoms with Gasteiger partial charge in [0.05, 0.1) is 60.5 Å². The Morgan fingerprint density at radius 1 is 0.879 bits per heavy atom. The number of cyclic esters (lactones) is 1. The van der Waals surface area contributed by atoms with Gasteiger partial charge >= 0.3 is 5.97 Å². The summed E-state index contributed by atoms with van der Waals surface area (Å²) in [7, 11) is 1.49. The summed E-state index contributed by atoms with van der Waals surface area (Å²) in [5, 5.41) is 95.4. The van der Waals surface area contributed by atoms with Gasteiger partial charge < -0.3 is 79.7 Å². The van der Waals surface area contributed by atoms with Crippen LogP contribution in [0.2, 0.25) is 0 Å². The quantitative estimate of drug-likeness (QED) is 0.0275. The van der Waals surface area contributed by atoms with Crippen LogP contribution in [0.1, 0.15) is 124 Å². The molecular formula is C73H82N4O14. The summed E-state index contributed by atoms with van der Waals surface area (Å²) in [6.45, 7) is 1.30. The van der Waals surface area contributed by atoms with Gasteiger partial charge in [0.2, 0.25) is 0 Å². The Balaban J connectivity index is 1.01. The molecule has 1 saturated heterocycles. The molecule has 18 nitrogen and oxygen atoms in total. The number of aromatic hydroxyl groups is 3. The number of aldehydes is 1. The summed E-state index contributed by atoms with van der Waals surface area (Å²) in [4.78, 5) is 52.1. The van der Waals surface area contributed by atoms with E-state index in [0.717, 1.165) is 61.9 Å². The third kappa shape index (κ3) is 11.2. The number of nitrogens with one attached hydrogen (secondary N) is 3. The van der Waals surface area contributed by atoms with Crippen LogP contribution in [0.4, 0.5) is 0 Å². The lowest BCUT2D eigenvalue weighted by Crippen LogP contribution is -2.64. The number of aromatic amines is 2. The zero-order valence-corrected chi connectivity index (χ0v) is 51.4. The van der Waals surface area contributed by atoms with Crippen LogP contribution in [0.15, 0.2) is 103 Å². The van der Waals surface area contributed by atoms with Crippen LogP contribution in [0.5, 0.6) is 28.7 Å². The number of esters is 1. The number of hydrogen-bond donors (Lipinski definition) is 11. The Kier molecular flexibility index (Phi) is 17.2. The number of rotatable bonds is 14.